The monoisotopic (exact) mass is 168 g/mol. The second-order valence-electron chi connectivity index (χ2n) is 5.06. The molecule has 0 heterocycles. The molecule has 0 bridgehead atoms. The highest BCUT2D eigenvalue weighted by molar-refractivity contribution is 4.84. The molecule has 0 aromatic rings. The highest BCUT2D eigenvalue weighted by Gasteiger charge is 2.32. The summed E-state index contributed by atoms with van der Waals surface area (Å²) in [6.07, 6.45) is 10.3. The number of hydrogen-bond donors (Lipinski definition) is 0. The Morgan fingerprint density at radius 1 is 1.17 bits per heavy atom. The summed E-state index contributed by atoms with van der Waals surface area (Å²) < 4.78 is 0. The van der Waals surface area contributed by atoms with Gasteiger partial charge in [-0.1, -0.05) is 40.0 Å². The van der Waals surface area contributed by atoms with E-state index in [-0.39, 0.29) is 0 Å². The summed E-state index contributed by atoms with van der Waals surface area (Å²) in [6, 6.07) is 0. The summed E-state index contributed by atoms with van der Waals surface area (Å²) in [5.41, 5.74) is 0.767. The molecule has 1 rings (SSSR count). The lowest BCUT2D eigenvalue weighted by molar-refractivity contribution is 0.213. The van der Waals surface area contributed by atoms with Crippen LogP contribution in [0.15, 0.2) is 0 Å². The smallest absolute Gasteiger partial charge is 0.0295 e. The Morgan fingerprint density at radius 3 is 2.17 bits per heavy atom. The van der Waals surface area contributed by atoms with Gasteiger partial charge in [0.2, 0.25) is 0 Å². The Bertz CT molecular complexity index is 118. The van der Waals surface area contributed by atoms with Crippen LogP contribution in [0, 0.1) is 11.3 Å². The van der Waals surface area contributed by atoms with Gasteiger partial charge in [0, 0.05) is 0 Å². The van der Waals surface area contributed by atoms with E-state index in [9.17, 15) is 0 Å². The van der Waals surface area contributed by atoms with Crippen molar-refractivity contribution in [1.29, 1.82) is 0 Å². The van der Waals surface area contributed by atoms with Crippen LogP contribution in [0.2, 0.25) is 0 Å². The molecule has 0 amide bonds. The van der Waals surface area contributed by atoms with Crippen LogP contribution in [0.1, 0.15) is 65.7 Å². The Kier molecular flexibility index (Phi) is 3.61. The first-order valence-corrected chi connectivity index (χ1v) is 5.68. The van der Waals surface area contributed by atoms with Gasteiger partial charge in [0.1, 0.15) is 0 Å². The van der Waals surface area contributed by atoms with Crippen LogP contribution in [0.5, 0.6) is 0 Å². The first-order chi connectivity index (χ1) is 5.68. The van der Waals surface area contributed by atoms with E-state index in [4.69, 9.17) is 0 Å². The van der Waals surface area contributed by atoms with Gasteiger partial charge < -0.3 is 0 Å². The predicted molar refractivity (Wildman–Crippen MR) is 55.3 cm³/mol. The molecule has 1 aliphatic carbocycles. The maximum atomic E-state index is 2.37. The molecule has 0 aromatic carbocycles. The maximum absolute atomic E-state index is 2.37. The summed E-state index contributed by atoms with van der Waals surface area (Å²) in [7, 11) is 0. The number of hydrogen-bond acceptors (Lipinski definition) is 0. The van der Waals surface area contributed by atoms with E-state index in [0.717, 1.165) is 11.3 Å². The van der Waals surface area contributed by atoms with Crippen molar-refractivity contribution in [2.75, 3.05) is 0 Å². The summed E-state index contributed by atoms with van der Waals surface area (Å²) in [5.74, 6) is 0.898. The van der Waals surface area contributed by atoms with Gasteiger partial charge in [-0.25, -0.2) is 0 Å². The average molecular weight is 168 g/mol. The highest BCUT2D eigenvalue weighted by Crippen LogP contribution is 2.46. The molecule has 12 heavy (non-hydrogen) atoms. The predicted octanol–water partition coefficient (Wildman–Crippen LogP) is 4.39. The minimum Gasteiger partial charge on any atom is -0.0654 e. The summed E-state index contributed by atoms with van der Waals surface area (Å²) in [6.45, 7) is 7.08. The average Bonchev–Trinajstić information content (AvgIpc) is 2.36. The van der Waals surface area contributed by atoms with Gasteiger partial charge in [0.25, 0.3) is 0 Å². The van der Waals surface area contributed by atoms with Gasteiger partial charge in [-0.3, -0.25) is 0 Å². The Hall–Kier alpha value is 0. The third-order valence-electron chi connectivity index (χ3n) is 3.29. The van der Waals surface area contributed by atoms with E-state index in [1.54, 1.807) is 0 Å². The molecule has 1 fully saturated rings. The molecule has 0 saturated heterocycles. The van der Waals surface area contributed by atoms with Crippen LogP contribution in [0.3, 0.4) is 0 Å². The van der Waals surface area contributed by atoms with Gasteiger partial charge in [-0.15, -0.1) is 0 Å². The zero-order chi connectivity index (χ0) is 9.03. The van der Waals surface area contributed by atoms with E-state index in [0.29, 0.717) is 0 Å². The van der Waals surface area contributed by atoms with Crippen molar-refractivity contribution in [3.05, 3.63) is 0 Å². The van der Waals surface area contributed by atoms with E-state index in [2.05, 4.69) is 20.8 Å². The first kappa shape index (κ1) is 10.1. The second kappa shape index (κ2) is 4.30. The van der Waals surface area contributed by atoms with Crippen molar-refractivity contribution in [2.45, 2.75) is 65.7 Å². The van der Waals surface area contributed by atoms with Crippen molar-refractivity contribution >= 4 is 0 Å². The minimum atomic E-state index is 0.767. The van der Waals surface area contributed by atoms with Crippen LogP contribution in [0.4, 0.5) is 0 Å². The molecule has 0 atom stereocenters. The quantitative estimate of drug-likeness (QED) is 0.584. The second-order valence-corrected chi connectivity index (χ2v) is 5.06. The van der Waals surface area contributed by atoms with Crippen molar-refractivity contribution in [3.8, 4) is 0 Å². The maximum Gasteiger partial charge on any atom is -0.0295 e. The zero-order valence-corrected chi connectivity index (χ0v) is 9.03. The molecule has 0 spiro atoms. The molecule has 0 nitrogen and oxygen atoms in total. The normalized spacial score (nSPS) is 22.0. The molecule has 0 heteroatoms. The third kappa shape index (κ3) is 2.50. The Balaban J connectivity index is 2.46. The van der Waals surface area contributed by atoms with Crippen LogP contribution in [0.25, 0.3) is 0 Å². The van der Waals surface area contributed by atoms with E-state index in [1.807, 2.05) is 0 Å². The van der Waals surface area contributed by atoms with Gasteiger partial charge in [-0.05, 0) is 37.0 Å². The van der Waals surface area contributed by atoms with Crippen LogP contribution >= 0.6 is 0 Å². The molecule has 72 valence electrons. The lowest BCUT2D eigenvalue weighted by Gasteiger charge is -2.30. The van der Waals surface area contributed by atoms with Gasteiger partial charge >= 0.3 is 0 Å². The van der Waals surface area contributed by atoms with Crippen molar-refractivity contribution in [2.24, 2.45) is 11.3 Å². The topological polar surface area (TPSA) is 0 Å². The fourth-order valence-corrected chi connectivity index (χ4v) is 3.08. The molecule has 0 aliphatic heterocycles. The van der Waals surface area contributed by atoms with E-state index < -0.39 is 0 Å². The van der Waals surface area contributed by atoms with E-state index >= 15 is 0 Å². The van der Waals surface area contributed by atoms with Crippen LogP contribution in [-0.4, -0.2) is 0 Å². The van der Waals surface area contributed by atoms with Crippen LogP contribution in [-0.2, 0) is 0 Å². The molecule has 0 unspecified atom stereocenters. The molecular weight excluding hydrogens is 144 g/mol. The van der Waals surface area contributed by atoms with Crippen molar-refractivity contribution in [3.63, 3.8) is 0 Å². The van der Waals surface area contributed by atoms with Gasteiger partial charge in [0.05, 0.1) is 0 Å². The molecule has 0 radical (unpaired) electrons. The number of rotatable bonds is 4. The highest BCUT2D eigenvalue weighted by atomic mass is 14.4. The van der Waals surface area contributed by atoms with Crippen molar-refractivity contribution < 1.29 is 0 Å². The first-order valence-electron chi connectivity index (χ1n) is 5.68. The standard InChI is InChI=1S/C12H24/c1-4-7-12(10-11(2)3)8-5-6-9-12/h11H,4-10H2,1-3H3. The summed E-state index contributed by atoms with van der Waals surface area (Å²) in [4.78, 5) is 0. The molecule has 0 aromatic heterocycles. The minimum absolute atomic E-state index is 0.767. The molecule has 0 N–H and O–H groups in total. The molecule has 1 aliphatic rings. The SMILES string of the molecule is CCCC1(CC(C)C)CCCC1. The molecule has 1 saturated carbocycles. The lowest BCUT2D eigenvalue weighted by Crippen LogP contribution is -2.18. The van der Waals surface area contributed by atoms with Crippen molar-refractivity contribution in [1.82, 2.24) is 0 Å². The van der Waals surface area contributed by atoms with Crippen LogP contribution < -0.4 is 0 Å². The Morgan fingerprint density at radius 2 is 1.75 bits per heavy atom. The summed E-state index contributed by atoms with van der Waals surface area (Å²) in [5, 5.41) is 0. The zero-order valence-electron chi connectivity index (χ0n) is 9.03. The lowest BCUT2D eigenvalue weighted by atomic mass is 9.75. The van der Waals surface area contributed by atoms with E-state index in [1.165, 1.54) is 44.9 Å². The third-order valence-corrected chi connectivity index (χ3v) is 3.29. The fourth-order valence-electron chi connectivity index (χ4n) is 3.08. The summed E-state index contributed by atoms with van der Waals surface area (Å²) >= 11 is 0. The van der Waals surface area contributed by atoms with Gasteiger partial charge in [-0.2, -0.15) is 0 Å². The van der Waals surface area contributed by atoms with Gasteiger partial charge in [0.15, 0.2) is 0 Å². The molecular formula is C12H24. The largest absolute Gasteiger partial charge is 0.0654 e. The fraction of sp³-hybridized carbons (Fsp3) is 1.00. The Labute approximate surface area is 77.7 Å².